The summed E-state index contributed by atoms with van der Waals surface area (Å²) >= 11 is 1.76. The van der Waals surface area contributed by atoms with Gasteiger partial charge < -0.3 is 0 Å². The van der Waals surface area contributed by atoms with E-state index in [2.05, 4.69) is 6.26 Å². The molecule has 1 aliphatic carbocycles. The van der Waals surface area contributed by atoms with E-state index < -0.39 is 0 Å². The summed E-state index contributed by atoms with van der Waals surface area (Å²) in [7, 11) is 0. The van der Waals surface area contributed by atoms with Crippen LogP contribution in [0.4, 0.5) is 0 Å². The van der Waals surface area contributed by atoms with Crippen LogP contribution < -0.4 is 0 Å². The lowest BCUT2D eigenvalue weighted by molar-refractivity contribution is 0.391. The zero-order chi connectivity index (χ0) is 6.53. The molecule has 0 unspecified atom stereocenters. The smallest absolute Gasteiger partial charge is 0.00236 e. The third kappa shape index (κ3) is 2.61. The Morgan fingerprint density at radius 1 is 1.22 bits per heavy atom. The van der Waals surface area contributed by atoms with Crippen LogP contribution in [-0.4, -0.2) is 5.75 Å². The molecule has 0 aromatic carbocycles. The Morgan fingerprint density at radius 2 is 1.89 bits per heavy atom. The van der Waals surface area contributed by atoms with Gasteiger partial charge in [0.05, 0.1) is 0 Å². The zero-order valence-electron chi connectivity index (χ0n) is 5.94. The fourth-order valence-electron chi connectivity index (χ4n) is 1.52. The van der Waals surface area contributed by atoms with E-state index >= 15 is 0 Å². The summed E-state index contributed by atoms with van der Waals surface area (Å²) < 4.78 is 0. The van der Waals surface area contributed by atoms with Gasteiger partial charge in [-0.3, -0.25) is 0 Å². The van der Waals surface area contributed by atoms with Crippen molar-refractivity contribution in [3.63, 3.8) is 0 Å². The second kappa shape index (κ2) is 4.21. The van der Waals surface area contributed by atoms with Gasteiger partial charge in [-0.2, -0.15) is 11.8 Å². The van der Waals surface area contributed by atoms with Gasteiger partial charge in [-0.1, -0.05) is 19.3 Å². The molecule has 1 rings (SSSR count). The van der Waals surface area contributed by atoms with Gasteiger partial charge in [-0.25, -0.2) is 0 Å². The maximum Gasteiger partial charge on any atom is 0.00236 e. The molecule has 1 fully saturated rings. The molecule has 0 atom stereocenters. The molecule has 0 heterocycles. The number of rotatable bonds is 2. The van der Waals surface area contributed by atoms with Gasteiger partial charge in [0, 0.05) is 6.26 Å². The summed E-state index contributed by atoms with van der Waals surface area (Å²) in [5, 5.41) is 0. The van der Waals surface area contributed by atoms with Crippen LogP contribution in [0.3, 0.4) is 0 Å². The highest BCUT2D eigenvalue weighted by Crippen LogP contribution is 2.25. The van der Waals surface area contributed by atoms with Crippen molar-refractivity contribution in [2.24, 2.45) is 5.92 Å². The third-order valence-electron chi connectivity index (χ3n) is 2.08. The van der Waals surface area contributed by atoms with E-state index in [9.17, 15) is 0 Å². The van der Waals surface area contributed by atoms with Gasteiger partial charge in [0.2, 0.25) is 0 Å². The van der Waals surface area contributed by atoms with Crippen LogP contribution in [-0.2, 0) is 0 Å². The maximum absolute atomic E-state index is 3.80. The molecule has 0 aromatic heterocycles. The summed E-state index contributed by atoms with van der Waals surface area (Å²) in [6.45, 7) is 0. The Hall–Kier alpha value is 0.350. The van der Waals surface area contributed by atoms with Crippen molar-refractivity contribution in [2.75, 3.05) is 5.75 Å². The molecule has 0 N–H and O–H groups in total. The molecule has 0 bridgehead atoms. The van der Waals surface area contributed by atoms with Crippen molar-refractivity contribution in [3.8, 4) is 0 Å². The molecule has 0 saturated heterocycles. The van der Waals surface area contributed by atoms with Crippen LogP contribution in [0.2, 0.25) is 0 Å². The highest BCUT2D eigenvalue weighted by Gasteiger charge is 2.11. The molecule has 1 radical (unpaired) electrons. The lowest BCUT2D eigenvalue weighted by Crippen LogP contribution is -2.07. The van der Waals surface area contributed by atoms with E-state index in [0.29, 0.717) is 0 Å². The lowest BCUT2D eigenvalue weighted by Gasteiger charge is -2.19. The first-order valence-electron chi connectivity index (χ1n) is 3.80. The highest BCUT2D eigenvalue weighted by atomic mass is 32.2. The molecule has 9 heavy (non-hydrogen) atoms. The molecule has 1 saturated carbocycles. The fraction of sp³-hybridized carbons (Fsp3) is 0.875. The second-order valence-electron chi connectivity index (χ2n) is 2.87. The average Bonchev–Trinajstić information content (AvgIpc) is 1.91. The highest BCUT2D eigenvalue weighted by molar-refractivity contribution is 8.00. The minimum atomic E-state index is 1.00. The Kier molecular flexibility index (Phi) is 3.49. The van der Waals surface area contributed by atoms with Gasteiger partial charge in [0.1, 0.15) is 0 Å². The van der Waals surface area contributed by atoms with E-state index in [1.807, 2.05) is 0 Å². The van der Waals surface area contributed by atoms with Crippen LogP contribution in [0.25, 0.3) is 0 Å². The second-order valence-corrected chi connectivity index (χ2v) is 3.62. The average molecular weight is 143 g/mol. The molecule has 0 aromatic rings. The third-order valence-corrected chi connectivity index (χ3v) is 2.79. The molecule has 1 heteroatoms. The van der Waals surface area contributed by atoms with Crippen molar-refractivity contribution in [1.82, 2.24) is 0 Å². The van der Waals surface area contributed by atoms with Crippen LogP contribution in [0, 0.1) is 12.2 Å². The fourth-order valence-corrected chi connectivity index (χ4v) is 2.19. The van der Waals surface area contributed by atoms with Crippen molar-refractivity contribution in [1.29, 1.82) is 0 Å². The minimum Gasteiger partial charge on any atom is -0.161 e. The Labute approximate surface area is 62.4 Å². The summed E-state index contributed by atoms with van der Waals surface area (Å²) in [4.78, 5) is 0. The number of hydrogen-bond acceptors (Lipinski definition) is 1. The van der Waals surface area contributed by atoms with Crippen LogP contribution in [0.5, 0.6) is 0 Å². The van der Waals surface area contributed by atoms with E-state index in [0.717, 1.165) is 5.92 Å². The molecule has 0 nitrogen and oxygen atoms in total. The lowest BCUT2D eigenvalue weighted by atomic mass is 9.91. The van der Waals surface area contributed by atoms with Crippen molar-refractivity contribution in [2.45, 2.75) is 32.1 Å². The van der Waals surface area contributed by atoms with Crippen molar-refractivity contribution < 1.29 is 0 Å². The molecular weight excluding hydrogens is 128 g/mol. The largest absolute Gasteiger partial charge is 0.161 e. The van der Waals surface area contributed by atoms with Crippen LogP contribution in [0.15, 0.2) is 0 Å². The van der Waals surface area contributed by atoms with Crippen molar-refractivity contribution in [3.05, 3.63) is 6.26 Å². The van der Waals surface area contributed by atoms with Crippen LogP contribution in [0.1, 0.15) is 32.1 Å². The summed E-state index contributed by atoms with van der Waals surface area (Å²) in [6.07, 6.45) is 11.1. The number of thioether (sulfide) groups is 1. The van der Waals surface area contributed by atoms with E-state index in [4.69, 9.17) is 0 Å². The summed E-state index contributed by atoms with van der Waals surface area (Å²) in [5.74, 6) is 2.29. The molecule has 0 aliphatic heterocycles. The minimum absolute atomic E-state index is 1.00. The van der Waals surface area contributed by atoms with E-state index in [1.54, 1.807) is 11.8 Å². The van der Waals surface area contributed by atoms with Crippen molar-refractivity contribution >= 4 is 11.8 Å². The molecule has 53 valence electrons. The van der Waals surface area contributed by atoms with Gasteiger partial charge in [-0.15, -0.1) is 0 Å². The predicted octanol–water partition coefficient (Wildman–Crippen LogP) is 3.09. The Bertz CT molecular complexity index is 62.2. The summed E-state index contributed by atoms with van der Waals surface area (Å²) in [6, 6.07) is 0. The first kappa shape index (κ1) is 7.46. The van der Waals surface area contributed by atoms with E-state index in [-0.39, 0.29) is 0 Å². The first-order valence-corrected chi connectivity index (χ1v) is 4.96. The first-order chi connectivity index (χ1) is 4.43. The van der Waals surface area contributed by atoms with Gasteiger partial charge in [0.25, 0.3) is 0 Å². The van der Waals surface area contributed by atoms with E-state index in [1.165, 1.54) is 37.9 Å². The maximum atomic E-state index is 3.80. The van der Waals surface area contributed by atoms with Crippen LogP contribution >= 0.6 is 11.8 Å². The van der Waals surface area contributed by atoms with Gasteiger partial charge >= 0.3 is 0 Å². The normalized spacial score (nSPS) is 22.3. The standard InChI is InChI=1S/C8H15S/c1-9-7-8-5-3-2-4-6-8/h8H,1-7H2. The Balaban J connectivity index is 2.08. The Morgan fingerprint density at radius 3 is 2.44 bits per heavy atom. The molecule has 0 spiro atoms. The quantitative estimate of drug-likeness (QED) is 0.572. The topological polar surface area (TPSA) is 0 Å². The predicted molar refractivity (Wildman–Crippen MR) is 44.4 cm³/mol. The zero-order valence-corrected chi connectivity index (χ0v) is 6.75. The molecular formula is C8H15S. The molecule has 1 aliphatic rings. The van der Waals surface area contributed by atoms with Gasteiger partial charge in [-0.05, 0) is 24.5 Å². The summed E-state index contributed by atoms with van der Waals surface area (Å²) in [5.41, 5.74) is 0. The van der Waals surface area contributed by atoms with Gasteiger partial charge in [0.15, 0.2) is 0 Å². The SMILES string of the molecule is [CH2]SCC1CCCCC1. The number of hydrogen-bond donors (Lipinski definition) is 0. The monoisotopic (exact) mass is 143 g/mol. The molecule has 0 amide bonds.